The number of carbonyl (C=O) groups excluding carboxylic acids is 7. The maximum absolute atomic E-state index is 13.0. The topological polar surface area (TPSA) is 212 Å². The van der Waals surface area contributed by atoms with Gasteiger partial charge in [-0.1, -0.05) is 26.3 Å². The van der Waals surface area contributed by atoms with Crippen LogP contribution in [-0.2, 0) is 35.3 Å². The van der Waals surface area contributed by atoms with E-state index >= 15 is 0 Å². The van der Waals surface area contributed by atoms with Crippen molar-refractivity contribution in [2.75, 3.05) is 25.0 Å². The third-order valence-corrected chi connectivity index (χ3v) is 7.07. The van der Waals surface area contributed by atoms with Crippen LogP contribution in [0, 0.1) is 5.92 Å². The summed E-state index contributed by atoms with van der Waals surface area (Å²) in [5, 5.41) is 22.9. The van der Waals surface area contributed by atoms with Crippen LogP contribution < -0.4 is 26.6 Å². The number of alkyl carbamates (subject to hydrolysis) is 1. The zero-order valence-electron chi connectivity index (χ0n) is 28.4. The van der Waals surface area contributed by atoms with Crippen molar-refractivity contribution in [2.24, 2.45) is 5.92 Å². The SMILES string of the molecule is CC(C)[C@H](NC(=O)CCCCCN1C(=O)C=CC1=O)C(=O)N[C@@H](C)C(=O)Nc1ccc(CO)c(C(=O)NCCNC(=O)OC(C)(C)C)c1. The highest BCUT2D eigenvalue weighted by Gasteiger charge is 2.27. The van der Waals surface area contributed by atoms with Crippen LogP contribution in [0.4, 0.5) is 10.5 Å². The van der Waals surface area contributed by atoms with E-state index in [9.17, 15) is 38.7 Å². The third kappa shape index (κ3) is 13.1. The van der Waals surface area contributed by atoms with E-state index in [1.54, 1.807) is 34.6 Å². The van der Waals surface area contributed by atoms with Gasteiger partial charge in [-0.25, -0.2) is 4.79 Å². The molecule has 1 aromatic carbocycles. The number of aliphatic hydroxyl groups excluding tert-OH is 1. The van der Waals surface area contributed by atoms with Gasteiger partial charge in [0.15, 0.2) is 0 Å². The van der Waals surface area contributed by atoms with Crippen LogP contribution in [0.5, 0.6) is 0 Å². The Bertz CT molecular complexity index is 1370. The van der Waals surface area contributed by atoms with E-state index in [-0.39, 0.29) is 60.9 Å². The summed E-state index contributed by atoms with van der Waals surface area (Å²) in [6.07, 6.45) is 3.62. The van der Waals surface area contributed by atoms with Crippen LogP contribution in [0.2, 0.25) is 0 Å². The molecule has 0 aromatic heterocycles. The molecule has 15 heteroatoms. The third-order valence-electron chi connectivity index (χ3n) is 7.07. The van der Waals surface area contributed by atoms with Crippen LogP contribution in [0.1, 0.15) is 83.1 Å². The van der Waals surface area contributed by atoms with Gasteiger partial charge in [0.25, 0.3) is 17.7 Å². The number of benzene rings is 1. The Morgan fingerprint density at radius 1 is 0.875 bits per heavy atom. The molecule has 0 radical (unpaired) electrons. The molecule has 6 N–H and O–H groups in total. The predicted molar refractivity (Wildman–Crippen MR) is 176 cm³/mol. The number of hydrogen-bond acceptors (Lipinski definition) is 9. The average Bonchev–Trinajstić information content (AvgIpc) is 3.32. The molecule has 0 bridgehead atoms. The lowest BCUT2D eigenvalue weighted by Gasteiger charge is -2.24. The fourth-order valence-electron chi connectivity index (χ4n) is 4.54. The second kappa shape index (κ2) is 18.5. The highest BCUT2D eigenvalue weighted by atomic mass is 16.6. The zero-order valence-corrected chi connectivity index (χ0v) is 28.4. The summed E-state index contributed by atoms with van der Waals surface area (Å²) in [7, 11) is 0. The quantitative estimate of drug-likeness (QED) is 0.104. The lowest BCUT2D eigenvalue weighted by atomic mass is 10.0. The second-order valence-corrected chi connectivity index (χ2v) is 12.7. The van der Waals surface area contributed by atoms with E-state index in [1.165, 1.54) is 37.3 Å². The summed E-state index contributed by atoms with van der Waals surface area (Å²) in [5.41, 5.74) is 0.0142. The summed E-state index contributed by atoms with van der Waals surface area (Å²) in [6, 6.07) is 2.48. The maximum Gasteiger partial charge on any atom is 0.407 e. The molecule has 0 unspecified atom stereocenters. The van der Waals surface area contributed by atoms with E-state index < -0.39 is 48.1 Å². The lowest BCUT2D eigenvalue weighted by Crippen LogP contribution is -2.53. The fourth-order valence-corrected chi connectivity index (χ4v) is 4.54. The number of rotatable bonds is 17. The standard InChI is InChI=1S/C33H48N6O9/c1-20(2)28(38-25(41)10-8-7-9-17-39-26(42)13-14-27(39)43)31(46)36-21(3)29(44)37-23-12-11-22(19-40)24(18-23)30(45)34-15-16-35-32(47)48-33(4,5)6/h11-14,18,20-21,28,40H,7-10,15-17,19H2,1-6H3,(H,34,45)(H,35,47)(H,36,46)(H,37,44)(H,38,41)/t21-,28-/m0/s1. The minimum Gasteiger partial charge on any atom is -0.444 e. The van der Waals surface area contributed by atoms with Gasteiger partial charge in [0, 0.05) is 49.5 Å². The number of hydrogen-bond donors (Lipinski definition) is 6. The van der Waals surface area contributed by atoms with Crippen molar-refractivity contribution in [1.82, 2.24) is 26.2 Å². The Hall–Kier alpha value is -4.79. The van der Waals surface area contributed by atoms with E-state index in [0.29, 0.717) is 24.8 Å². The summed E-state index contributed by atoms with van der Waals surface area (Å²) in [5.74, 6) is -2.97. The molecule has 1 aliphatic rings. The summed E-state index contributed by atoms with van der Waals surface area (Å²) in [4.78, 5) is 87.5. The Labute approximate surface area is 280 Å². The molecule has 0 fully saturated rings. The molecule has 2 atom stereocenters. The second-order valence-electron chi connectivity index (χ2n) is 12.7. The van der Waals surface area contributed by atoms with Gasteiger partial charge in [0.1, 0.15) is 17.7 Å². The van der Waals surface area contributed by atoms with Gasteiger partial charge < -0.3 is 36.4 Å². The fraction of sp³-hybridized carbons (Fsp3) is 0.545. The van der Waals surface area contributed by atoms with Crippen LogP contribution in [0.15, 0.2) is 30.4 Å². The first kappa shape index (κ1) is 39.4. The summed E-state index contributed by atoms with van der Waals surface area (Å²) < 4.78 is 5.14. The Balaban J connectivity index is 1.86. The molecule has 0 spiro atoms. The van der Waals surface area contributed by atoms with Gasteiger partial charge in [-0.2, -0.15) is 0 Å². The van der Waals surface area contributed by atoms with E-state index in [1.807, 2.05) is 0 Å². The molecule has 264 valence electrons. The number of nitrogens with zero attached hydrogens (tertiary/aromatic N) is 1. The number of unbranched alkanes of at least 4 members (excludes halogenated alkanes) is 2. The number of carbonyl (C=O) groups is 7. The molecular weight excluding hydrogens is 624 g/mol. The molecule has 0 aliphatic carbocycles. The first-order chi connectivity index (χ1) is 22.5. The molecule has 15 nitrogen and oxygen atoms in total. The highest BCUT2D eigenvalue weighted by molar-refractivity contribution is 6.12. The molecule has 7 amide bonds. The largest absolute Gasteiger partial charge is 0.444 e. The number of amides is 7. The predicted octanol–water partition coefficient (Wildman–Crippen LogP) is 1.50. The van der Waals surface area contributed by atoms with Crippen molar-refractivity contribution in [2.45, 2.75) is 91.5 Å². The van der Waals surface area contributed by atoms with Gasteiger partial charge in [-0.15, -0.1) is 0 Å². The molecule has 0 saturated heterocycles. The summed E-state index contributed by atoms with van der Waals surface area (Å²) in [6.45, 7) is 10.2. The smallest absolute Gasteiger partial charge is 0.407 e. The van der Waals surface area contributed by atoms with Crippen molar-refractivity contribution in [1.29, 1.82) is 0 Å². The average molecular weight is 673 g/mol. The monoisotopic (exact) mass is 672 g/mol. The number of imide groups is 1. The molecule has 1 aliphatic heterocycles. The zero-order chi connectivity index (χ0) is 36.0. The van der Waals surface area contributed by atoms with Crippen molar-refractivity contribution in [3.8, 4) is 0 Å². The molecule has 1 heterocycles. The van der Waals surface area contributed by atoms with E-state index in [0.717, 1.165) is 4.90 Å². The number of anilines is 1. The van der Waals surface area contributed by atoms with Gasteiger partial charge in [0.05, 0.1) is 6.61 Å². The maximum atomic E-state index is 13.0. The van der Waals surface area contributed by atoms with Crippen LogP contribution >= 0.6 is 0 Å². The molecule has 48 heavy (non-hydrogen) atoms. The first-order valence-electron chi connectivity index (χ1n) is 15.9. The van der Waals surface area contributed by atoms with Crippen molar-refractivity contribution < 1.29 is 43.4 Å². The highest BCUT2D eigenvalue weighted by Crippen LogP contribution is 2.17. The Morgan fingerprint density at radius 3 is 2.12 bits per heavy atom. The van der Waals surface area contributed by atoms with Gasteiger partial charge in [-0.05, 0) is 64.2 Å². The van der Waals surface area contributed by atoms with E-state index in [4.69, 9.17) is 4.74 Å². The summed E-state index contributed by atoms with van der Waals surface area (Å²) >= 11 is 0. The molecule has 1 aromatic rings. The number of ether oxygens (including phenoxy) is 1. The van der Waals surface area contributed by atoms with Gasteiger partial charge >= 0.3 is 6.09 Å². The van der Waals surface area contributed by atoms with Crippen molar-refractivity contribution >= 4 is 47.2 Å². The minimum absolute atomic E-state index is 0.0805. The minimum atomic E-state index is -1.00. The van der Waals surface area contributed by atoms with Crippen LogP contribution in [0.25, 0.3) is 0 Å². The molecular formula is C33H48N6O9. The first-order valence-corrected chi connectivity index (χ1v) is 15.9. The lowest BCUT2D eigenvalue weighted by molar-refractivity contribution is -0.137. The Kier molecular flexibility index (Phi) is 15.2. The van der Waals surface area contributed by atoms with Gasteiger partial charge in [0.2, 0.25) is 17.7 Å². The van der Waals surface area contributed by atoms with Crippen molar-refractivity contribution in [3.05, 3.63) is 41.5 Å². The molecule has 0 saturated carbocycles. The number of nitrogens with one attached hydrogen (secondary N) is 5. The van der Waals surface area contributed by atoms with Crippen LogP contribution in [-0.4, -0.2) is 88.9 Å². The van der Waals surface area contributed by atoms with Crippen molar-refractivity contribution in [3.63, 3.8) is 0 Å². The van der Waals surface area contributed by atoms with E-state index in [2.05, 4.69) is 26.6 Å². The Morgan fingerprint density at radius 2 is 1.52 bits per heavy atom. The normalized spacial score (nSPS) is 14.0. The van der Waals surface area contributed by atoms with Gasteiger partial charge in [-0.3, -0.25) is 33.7 Å². The molecule has 2 rings (SSSR count). The van der Waals surface area contributed by atoms with Crippen LogP contribution in [0.3, 0.4) is 0 Å². The number of aliphatic hydroxyl groups is 1.